The highest BCUT2D eigenvalue weighted by atomic mass is 16.5. The fourth-order valence-electron chi connectivity index (χ4n) is 2.86. The minimum Gasteiger partial charge on any atom is -0.371 e. The van der Waals surface area contributed by atoms with Crippen molar-refractivity contribution in [3.63, 3.8) is 0 Å². The molecular weight excluding hydrogens is 254 g/mol. The molecule has 0 aromatic carbocycles. The number of imidazole rings is 1. The van der Waals surface area contributed by atoms with E-state index in [9.17, 15) is 0 Å². The largest absolute Gasteiger partial charge is 0.371 e. The van der Waals surface area contributed by atoms with Crippen LogP contribution >= 0.6 is 0 Å². The van der Waals surface area contributed by atoms with E-state index in [1.807, 2.05) is 24.9 Å². The lowest BCUT2D eigenvalue weighted by Crippen LogP contribution is -2.15. The van der Waals surface area contributed by atoms with Crippen LogP contribution in [0.2, 0.25) is 0 Å². The Balaban J connectivity index is 2.11. The van der Waals surface area contributed by atoms with Gasteiger partial charge >= 0.3 is 0 Å². The van der Waals surface area contributed by atoms with Gasteiger partial charge in [0.25, 0.3) is 0 Å². The Morgan fingerprint density at radius 1 is 1.20 bits per heavy atom. The molecule has 3 heterocycles. The van der Waals surface area contributed by atoms with Crippen LogP contribution in [0.15, 0.2) is 6.33 Å². The molecule has 0 aliphatic carbocycles. The SMILES string of the molecule is CNc1nc(C)nc2c1ncn2[C@@H]1O[C@H](C)[C@@H](C)[C@H]1C. The second kappa shape index (κ2) is 4.70. The molecule has 4 atom stereocenters. The van der Waals surface area contributed by atoms with Crippen LogP contribution in [0.1, 0.15) is 32.8 Å². The van der Waals surface area contributed by atoms with Crippen LogP contribution in [0, 0.1) is 18.8 Å². The van der Waals surface area contributed by atoms with Crippen LogP contribution in [0.3, 0.4) is 0 Å². The topological polar surface area (TPSA) is 64.9 Å². The summed E-state index contributed by atoms with van der Waals surface area (Å²) in [7, 11) is 1.85. The van der Waals surface area contributed by atoms with Crippen molar-refractivity contribution in [2.24, 2.45) is 11.8 Å². The smallest absolute Gasteiger partial charge is 0.167 e. The van der Waals surface area contributed by atoms with Crippen molar-refractivity contribution in [2.75, 3.05) is 12.4 Å². The van der Waals surface area contributed by atoms with E-state index in [2.05, 4.69) is 41.0 Å². The normalized spacial score (nSPS) is 30.1. The number of aryl methyl sites for hydroxylation is 1. The third-order valence-corrected chi connectivity index (χ3v) is 4.42. The first-order valence-electron chi connectivity index (χ1n) is 7.07. The van der Waals surface area contributed by atoms with Gasteiger partial charge in [0, 0.05) is 13.0 Å². The number of rotatable bonds is 2. The maximum Gasteiger partial charge on any atom is 0.167 e. The average molecular weight is 275 g/mol. The molecule has 0 radical (unpaired) electrons. The molecule has 0 bridgehead atoms. The first kappa shape index (κ1) is 13.3. The quantitative estimate of drug-likeness (QED) is 0.911. The van der Waals surface area contributed by atoms with E-state index in [0.29, 0.717) is 11.8 Å². The number of fused-ring (bicyclic) bond motifs is 1. The van der Waals surface area contributed by atoms with Crippen molar-refractivity contribution < 1.29 is 4.74 Å². The summed E-state index contributed by atoms with van der Waals surface area (Å²) < 4.78 is 8.13. The predicted octanol–water partition coefficient (Wildman–Crippen LogP) is 2.37. The van der Waals surface area contributed by atoms with Crippen LogP contribution in [0.4, 0.5) is 5.82 Å². The fraction of sp³-hybridized carbons (Fsp3) is 0.643. The highest BCUT2D eigenvalue weighted by Gasteiger charge is 2.38. The van der Waals surface area contributed by atoms with Gasteiger partial charge in [-0.15, -0.1) is 0 Å². The van der Waals surface area contributed by atoms with Gasteiger partial charge in [-0.25, -0.2) is 15.0 Å². The number of hydrogen-bond acceptors (Lipinski definition) is 5. The van der Waals surface area contributed by atoms with Gasteiger partial charge in [-0.05, 0) is 19.8 Å². The van der Waals surface area contributed by atoms with Gasteiger partial charge in [0.15, 0.2) is 17.0 Å². The van der Waals surface area contributed by atoms with E-state index in [1.165, 1.54) is 0 Å². The number of hydrogen-bond donors (Lipinski definition) is 1. The van der Waals surface area contributed by atoms with E-state index in [1.54, 1.807) is 0 Å². The summed E-state index contributed by atoms with van der Waals surface area (Å²) in [6.45, 7) is 8.47. The molecule has 1 fully saturated rings. The van der Waals surface area contributed by atoms with Gasteiger partial charge in [-0.3, -0.25) is 4.57 Å². The van der Waals surface area contributed by atoms with Crippen molar-refractivity contribution >= 4 is 17.0 Å². The molecule has 3 rings (SSSR count). The van der Waals surface area contributed by atoms with Gasteiger partial charge in [0.1, 0.15) is 12.1 Å². The maximum atomic E-state index is 6.09. The van der Waals surface area contributed by atoms with Gasteiger partial charge < -0.3 is 10.1 Å². The van der Waals surface area contributed by atoms with Crippen molar-refractivity contribution in [1.82, 2.24) is 19.5 Å². The molecule has 108 valence electrons. The lowest BCUT2D eigenvalue weighted by atomic mass is 9.93. The lowest BCUT2D eigenvalue weighted by molar-refractivity contribution is -0.00236. The zero-order valence-corrected chi connectivity index (χ0v) is 12.6. The summed E-state index contributed by atoms with van der Waals surface area (Å²) in [4.78, 5) is 13.4. The highest BCUT2D eigenvalue weighted by Crippen LogP contribution is 2.39. The summed E-state index contributed by atoms with van der Waals surface area (Å²) in [5.41, 5.74) is 1.63. The number of nitrogens with one attached hydrogen (secondary N) is 1. The Morgan fingerprint density at radius 3 is 2.55 bits per heavy atom. The Labute approximate surface area is 118 Å². The standard InChI is InChI=1S/C14H21N5O/c1-7-8(2)14(20-9(7)3)19-6-16-11-12(15-5)17-10(4)18-13(11)19/h6-9,14H,1-5H3,(H,15,17,18)/t7-,8+,9+,14+/m0/s1. The molecule has 1 saturated heterocycles. The van der Waals surface area contributed by atoms with E-state index >= 15 is 0 Å². The number of nitrogens with zero attached hydrogens (tertiary/aromatic N) is 4. The molecule has 0 unspecified atom stereocenters. The molecule has 1 N–H and O–H groups in total. The third kappa shape index (κ3) is 1.86. The van der Waals surface area contributed by atoms with Crippen LogP contribution in [-0.2, 0) is 4.74 Å². The Kier molecular flexibility index (Phi) is 3.12. The number of aromatic nitrogens is 4. The number of ether oxygens (including phenoxy) is 1. The fourth-order valence-corrected chi connectivity index (χ4v) is 2.86. The summed E-state index contributed by atoms with van der Waals surface area (Å²) in [5.74, 6) is 2.44. The molecule has 0 amide bonds. The Bertz CT molecular complexity index is 638. The molecule has 2 aromatic heterocycles. The minimum atomic E-state index is -0.0102. The lowest BCUT2D eigenvalue weighted by Gasteiger charge is -2.18. The van der Waals surface area contributed by atoms with Crippen LogP contribution in [0.25, 0.3) is 11.2 Å². The van der Waals surface area contributed by atoms with Crippen LogP contribution in [0.5, 0.6) is 0 Å². The zero-order valence-electron chi connectivity index (χ0n) is 12.6. The van der Waals surface area contributed by atoms with Gasteiger partial charge in [-0.2, -0.15) is 0 Å². The third-order valence-electron chi connectivity index (χ3n) is 4.42. The second-order valence-electron chi connectivity index (χ2n) is 5.64. The van der Waals surface area contributed by atoms with Crippen molar-refractivity contribution in [3.8, 4) is 0 Å². The predicted molar refractivity (Wildman–Crippen MR) is 77.5 cm³/mol. The number of anilines is 1. The van der Waals surface area contributed by atoms with E-state index in [-0.39, 0.29) is 12.3 Å². The average Bonchev–Trinajstić information content (AvgIpc) is 2.94. The van der Waals surface area contributed by atoms with Crippen LogP contribution in [-0.4, -0.2) is 32.7 Å². The van der Waals surface area contributed by atoms with E-state index < -0.39 is 0 Å². The van der Waals surface area contributed by atoms with Crippen molar-refractivity contribution in [1.29, 1.82) is 0 Å². The molecule has 2 aromatic rings. The van der Waals surface area contributed by atoms with Crippen LogP contribution < -0.4 is 5.32 Å². The van der Waals surface area contributed by atoms with Crippen molar-refractivity contribution in [2.45, 2.75) is 40.0 Å². The molecule has 6 heteroatoms. The molecule has 0 spiro atoms. The molecule has 0 saturated carbocycles. The molecule has 1 aliphatic rings. The monoisotopic (exact) mass is 275 g/mol. The second-order valence-corrected chi connectivity index (χ2v) is 5.64. The van der Waals surface area contributed by atoms with Crippen molar-refractivity contribution in [3.05, 3.63) is 12.2 Å². The highest BCUT2D eigenvalue weighted by molar-refractivity contribution is 5.82. The minimum absolute atomic E-state index is 0.0102. The van der Waals surface area contributed by atoms with Gasteiger partial charge in [0.2, 0.25) is 0 Å². The summed E-state index contributed by atoms with van der Waals surface area (Å²) in [6, 6.07) is 0. The molecular formula is C14H21N5O. The maximum absolute atomic E-state index is 6.09. The summed E-state index contributed by atoms with van der Waals surface area (Å²) in [5, 5.41) is 3.08. The summed E-state index contributed by atoms with van der Waals surface area (Å²) >= 11 is 0. The molecule has 1 aliphatic heterocycles. The van der Waals surface area contributed by atoms with Gasteiger partial charge in [0.05, 0.1) is 12.4 Å². The zero-order chi connectivity index (χ0) is 14.4. The molecule has 6 nitrogen and oxygen atoms in total. The Morgan fingerprint density at radius 2 is 1.95 bits per heavy atom. The Hall–Kier alpha value is -1.69. The summed E-state index contributed by atoms with van der Waals surface area (Å²) in [6.07, 6.45) is 2.05. The van der Waals surface area contributed by atoms with E-state index in [0.717, 1.165) is 22.8 Å². The van der Waals surface area contributed by atoms with E-state index in [4.69, 9.17) is 4.74 Å². The van der Waals surface area contributed by atoms with Gasteiger partial charge in [-0.1, -0.05) is 13.8 Å². The first-order chi connectivity index (χ1) is 9.52. The first-order valence-corrected chi connectivity index (χ1v) is 7.07. The molecule has 20 heavy (non-hydrogen) atoms.